The summed E-state index contributed by atoms with van der Waals surface area (Å²) in [5.41, 5.74) is 6.12. The highest BCUT2D eigenvalue weighted by Crippen LogP contribution is 2.26. The zero-order valence-corrected chi connectivity index (χ0v) is 9.36. The van der Waals surface area contributed by atoms with Crippen LogP contribution in [0.2, 0.25) is 0 Å². The monoisotopic (exact) mass is 225 g/mol. The number of rotatable bonds is 5. The molecule has 0 aliphatic heterocycles. The SMILES string of the molecule is CCOC(=O)COc1ccc(OC)cc1N. The molecule has 0 fully saturated rings. The molecule has 0 saturated carbocycles. The lowest BCUT2D eigenvalue weighted by molar-refractivity contribution is -0.145. The van der Waals surface area contributed by atoms with Crippen LogP contribution >= 0.6 is 0 Å². The highest BCUT2D eigenvalue weighted by molar-refractivity contribution is 5.71. The fraction of sp³-hybridized carbons (Fsp3) is 0.364. The first-order valence-electron chi connectivity index (χ1n) is 4.89. The van der Waals surface area contributed by atoms with E-state index >= 15 is 0 Å². The minimum Gasteiger partial charge on any atom is -0.497 e. The van der Waals surface area contributed by atoms with Crippen LogP contribution < -0.4 is 15.2 Å². The van der Waals surface area contributed by atoms with E-state index in [0.717, 1.165) is 0 Å². The van der Waals surface area contributed by atoms with Crippen molar-refractivity contribution in [2.75, 3.05) is 26.1 Å². The van der Waals surface area contributed by atoms with E-state index in [1.165, 1.54) is 0 Å². The molecule has 0 radical (unpaired) electrons. The van der Waals surface area contributed by atoms with Gasteiger partial charge in [0.2, 0.25) is 0 Å². The van der Waals surface area contributed by atoms with E-state index in [1.54, 1.807) is 32.2 Å². The van der Waals surface area contributed by atoms with Crippen molar-refractivity contribution in [3.05, 3.63) is 18.2 Å². The number of esters is 1. The zero-order valence-electron chi connectivity index (χ0n) is 9.36. The van der Waals surface area contributed by atoms with Gasteiger partial charge in [0.05, 0.1) is 19.4 Å². The molecule has 88 valence electrons. The average molecular weight is 225 g/mol. The van der Waals surface area contributed by atoms with Gasteiger partial charge in [0.1, 0.15) is 11.5 Å². The summed E-state index contributed by atoms with van der Waals surface area (Å²) in [4.78, 5) is 11.0. The molecule has 16 heavy (non-hydrogen) atoms. The van der Waals surface area contributed by atoms with E-state index in [0.29, 0.717) is 23.8 Å². The Labute approximate surface area is 94.1 Å². The topological polar surface area (TPSA) is 70.8 Å². The number of methoxy groups -OCH3 is 1. The lowest BCUT2D eigenvalue weighted by Gasteiger charge is -2.09. The Morgan fingerprint density at radius 3 is 2.75 bits per heavy atom. The molecular weight excluding hydrogens is 210 g/mol. The summed E-state index contributed by atoms with van der Waals surface area (Å²) in [6, 6.07) is 4.98. The van der Waals surface area contributed by atoms with Crippen LogP contribution in [0.3, 0.4) is 0 Å². The molecule has 0 amide bonds. The van der Waals surface area contributed by atoms with Crippen molar-refractivity contribution in [3.8, 4) is 11.5 Å². The minimum atomic E-state index is -0.419. The highest BCUT2D eigenvalue weighted by atomic mass is 16.6. The summed E-state index contributed by atoms with van der Waals surface area (Å²) < 4.78 is 14.9. The van der Waals surface area contributed by atoms with Crippen LogP contribution in [0.15, 0.2) is 18.2 Å². The van der Waals surface area contributed by atoms with Gasteiger partial charge in [-0.3, -0.25) is 0 Å². The molecule has 0 spiro atoms. The second-order valence-corrected chi connectivity index (χ2v) is 3.00. The average Bonchev–Trinajstić information content (AvgIpc) is 2.27. The van der Waals surface area contributed by atoms with Gasteiger partial charge >= 0.3 is 5.97 Å². The first-order chi connectivity index (χ1) is 7.67. The van der Waals surface area contributed by atoms with E-state index < -0.39 is 5.97 Å². The molecule has 5 heteroatoms. The van der Waals surface area contributed by atoms with Gasteiger partial charge in [-0.25, -0.2) is 4.79 Å². The maximum absolute atomic E-state index is 11.0. The Kier molecular flexibility index (Phi) is 4.44. The van der Waals surface area contributed by atoms with E-state index in [4.69, 9.17) is 19.9 Å². The first-order valence-corrected chi connectivity index (χ1v) is 4.89. The number of benzene rings is 1. The van der Waals surface area contributed by atoms with E-state index in [9.17, 15) is 4.79 Å². The van der Waals surface area contributed by atoms with Gasteiger partial charge < -0.3 is 19.9 Å². The van der Waals surface area contributed by atoms with Crippen molar-refractivity contribution >= 4 is 11.7 Å². The van der Waals surface area contributed by atoms with Crippen molar-refractivity contribution in [1.29, 1.82) is 0 Å². The summed E-state index contributed by atoms with van der Waals surface area (Å²) in [5.74, 6) is 0.660. The Morgan fingerprint density at radius 1 is 1.44 bits per heavy atom. The van der Waals surface area contributed by atoms with Gasteiger partial charge in [-0.2, -0.15) is 0 Å². The van der Waals surface area contributed by atoms with Crippen molar-refractivity contribution in [2.24, 2.45) is 0 Å². The molecule has 0 aromatic heterocycles. The molecule has 0 aliphatic carbocycles. The van der Waals surface area contributed by atoms with Crippen LogP contribution in [0.25, 0.3) is 0 Å². The third-order valence-corrected chi connectivity index (χ3v) is 1.87. The van der Waals surface area contributed by atoms with Gasteiger partial charge in [0, 0.05) is 6.07 Å². The Morgan fingerprint density at radius 2 is 2.19 bits per heavy atom. The minimum absolute atomic E-state index is 0.148. The Bertz CT molecular complexity index is 365. The molecule has 0 heterocycles. The van der Waals surface area contributed by atoms with E-state index in [2.05, 4.69) is 0 Å². The summed E-state index contributed by atoms with van der Waals surface area (Å²) >= 11 is 0. The quantitative estimate of drug-likeness (QED) is 0.602. The second-order valence-electron chi connectivity index (χ2n) is 3.00. The number of carbonyl (C=O) groups excluding carboxylic acids is 1. The molecule has 0 unspecified atom stereocenters. The smallest absolute Gasteiger partial charge is 0.344 e. The number of nitrogens with two attached hydrogens (primary N) is 1. The standard InChI is InChI=1S/C11H15NO4/c1-3-15-11(13)7-16-10-5-4-8(14-2)6-9(10)12/h4-6H,3,7,12H2,1-2H3. The fourth-order valence-corrected chi connectivity index (χ4v) is 1.12. The molecule has 1 rings (SSSR count). The summed E-state index contributed by atoms with van der Waals surface area (Å²) in [6.07, 6.45) is 0. The Hall–Kier alpha value is -1.91. The molecule has 0 atom stereocenters. The fourth-order valence-electron chi connectivity index (χ4n) is 1.12. The molecule has 1 aromatic rings. The normalized spacial score (nSPS) is 9.62. The van der Waals surface area contributed by atoms with Crippen LogP contribution in [0, 0.1) is 0 Å². The molecule has 2 N–H and O–H groups in total. The first kappa shape index (κ1) is 12.2. The number of nitrogen functional groups attached to an aromatic ring is 1. The second kappa shape index (κ2) is 5.85. The number of ether oxygens (including phenoxy) is 3. The molecule has 0 aliphatic rings. The largest absolute Gasteiger partial charge is 0.497 e. The van der Waals surface area contributed by atoms with Crippen LogP contribution in [0.1, 0.15) is 6.92 Å². The summed E-state index contributed by atoms with van der Waals surface area (Å²) in [6.45, 7) is 1.92. The number of anilines is 1. The van der Waals surface area contributed by atoms with Crippen LogP contribution in [0.5, 0.6) is 11.5 Å². The summed E-state index contributed by atoms with van der Waals surface area (Å²) in [7, 11) is 1.55. The number of hydrogen-bond donors (Lipinski definition) is 1. The number of hydrogen-bond acceptors (Lipinski definition) is 5. The lowest BCUT2D eigenvalue weighted by Crippen LogP contribution is -2.15. The molecule has 1 aromatic carbocycles. The predicted molar refractivity (Wildman–Crippen MR) is 59.5 cm³/mol. The molecule has 0 saturated heterocycles. The van der Waals surface area contributed by atoms with Gasteiger partial charge in [-0.05, 0) is 19.1 Å². The van der Waals surface area contributed by atoms with Crippen LogP contribution in [-0.2, 0) is 9.53 Å². The van der Waals surface area contributed by atoms with Crippen molar-refractivity contribution in [2.45, 2.75) is 6.92 Å². The molecule has 5 nitrogen and oxygen atoms in total. The van der Waals surface area contributed by atoms with Gasteiger partial charge in [-0.1, -0.05) is 0 Å². The van der Waals surface area contributed by atoms with Crippen LogP contribution in [-0.4, -0.2) is 26.3 Å². The zero-order chi connectivity index (χ0) is 12.0. The number of carbonyl (C=O) groups is 1. The van der Waals surface area contributed by atoms with Crippen molar-refractivity contribution in [3.63, 3.8) is 0 Å². The lowest BCUT2D eigenvalue weighted by atomic mass is 10.3. The van der Waals surface area contributed by atoms with Gasteiger partial charge in [-0.15, -0.1) is 0 Å². The highest BCUT2D eigenvalue weighted by Gasteiger charge is 2.06. The Balaban J connectivity index is 2.57. The van der Waals surface area contributed by atoms with E-state index in [-0.39, 0.29) is 6.61 Å². The summed E-state index contributed by atoms with van der Waals surface area (Å²) in [5, 5.41) is 0. The van der Waals surface area contributed by atoms with Gasteiger partial charge in [0.25, 0.3) is 0 Å². The van der Waals surface area contributed by atoms with Crippen molar-refractivity contribution in [1.82, 2.24) is 0 Å². The van der Waals surface area contributed by atoms with E-state index in [1.807, 2.05) is 0 Å². The van der Waals surface area contributed by atoms with Gasteiger partial charge in [0.15, 0.2) is 6.61 Å². The molecule has 0 bridgehead atoms. The molecular formula is C11H15NO4. The van der Waals surface area contributed by atoms with Crippen LogP contribution in [0.4, 0.5) is 5.69 Å². The van der Waals surface area contributed by atoms with Crippen molar-refractivity contribution < 1.29 is 19.0 Å². The third-order valence-electron chi connectivity index (χ3n) is 1.87. The predicted octanol–water partition coefficient (Wildman–Crippen LogP) is 1.22. The third kappa shape index (κ3) is 3.34. The maximum Gasteiger partial charge on any atom is 0.344 e. The maximum atomic E-state index is 11.0.